The summed E-state index contributed by atoms with van der Waals surface area (Å²) < 4.78 is 21.3. The third kappa shape index (κ3) is 5.41. The van der Waals surface area contributed by atoms with Crippen LogP contribution in [0.1, 0.15) is 44.7 Å². The smallest absolute Gasteiger partial charge is 0.338 e. The third-order valence-electron chi connectivity index (χ3n) is 6.34. The van der Waals surface area contributed by atoms with Crippen LogP contribution in [-0.4, -0.2) is 56.4 Å². The highest BCUT2D eigenvalue weighted by molar-refractivity contribution is 7.07. The van der Waals surface area contributed by atoms with E-state index in [9.17, 15) is 24.0 Å². The van der Waals surface area contributed by atoms with E-state index in [1.54, 1.807) is 49.4 Å². The van der Waals surface area contributed by atoms with Gasteiger partial charge in [-0.25, -0.2) is 19.2 Å². The first-order valence-electron chi connectivity index (χ1n) is 12.3. The maximum atomic E-state index is 13.6. The number of benzene rings is 2. The Morgan fingerprint density at radius 3 is 1.88 bits per heavy atom. The van der Waals surface area contributed by atoms with Crippen molar-refractivity contribution in [2.45, 2.75) is 12.8 Å². The molecule has 0 amide bonds. The molecule has 0 radical (unpaired) electrons. The number of methoxy groups -OCH3 is 3. The molecule has 0 saturated carbocycles. The molecule has 3 aromatic rings. The monoisotopic (exact) mass is 578 g/mol. The number of aromatic nitrogens is 1. The second-order valence-corrected chi connectivity index (χ2v) is 9.67. The summed E-state index contributed by atoms with van der Waals surface area (Å²) in [7, 11) is 3.71. The van der Waals surface area contributed by atoms with Crippen molar-refractivity contribution in [2.75, 3.05) is 27.9 Å². The Bertz CT molecular complexity index is 1750. The van der Waals surface area contributed by atoms with E-state index in [1.807, 2.05) is 0 Å². The van der Waals surface area contributed by atoms with Gasteiger partial charge in [-0.15, -0.1) is 11.3 Å². The first-order valence-corrected chi connectivity index (χ1v) is 13.1. The van der Waals surface area contributed by atoms with Crippen LogP contribution in [0.15, 0.2) is 58.9 Å². The maximum absolute atomic E-state index is 13.6. The minimum absolute atomic E-state index is 0.00152. The summed E-state index contributed by atoms with van der Waals surface area (Å²) in [6, 6.07) is 12.5. The van der Waals surface area contributed by atoms with Gasteiger partial charge < -0.3 is 24.7 Å². The fourth-order valence-electron chi connectivity index (χ4n) is 4.41. The van der Waals surface area contributed by atoms with E-state index in [-0.39, 0.29) is 38.3 Å². The summed E-state index contributed by atoms with van der Waals surface area (Å²) in [4.78, 5) is 63.9. The largest absolute Gasteiger partial charge is 0.466 e. The Labute approximate surface area is 237 Å². The van der Waals surface area contributed by atoms with Crippen LogP contribution in [-0.2, 0) is 28.5 Å². The fraction of sp³-hybridized carbons (Fsp3) is 0.207. The summed E-state index contributed by atoms with van der Waals surface area (Å²) in [5, 5.41) is 0. The van der Waals surface area contributed by atoms with Gasteiger partial charge in [0.05, 0.1) is 60.7 Å². The molecule has 0 aliphatic carbocycles. The number of hydrogen-bond donors (Lipinski definition) is 1. The molecule has 11 nitrogen and oxygen atoms in total. The van der Waals surface area contributed by atoms with Gasteiger partial charge in [-0.1, -0.05) is 24.3 Å². The lowest BCUT2D eigenvalue weighted by molar-refractivity contribution is -0.138. The van der Waals surface area contributed by atoms with Gasteiger partial charge in [-0.05, 0) is 48.4 Å². The van der Waals surface area contributed by atoms with Crippen LogP contribution in [0, 0.1) is 0 Å². The van der Waals surface area contributed by atoms with Crippen LogP contribution in [0.3, 0.4) is 0 Å². The average Bonchev–Trinajstić information content (AvgIpc) is 3.31. The lowest BCUT2D eigenvalue weighted by Gasteiger charge is -2.26. The number of thiazole rings is 1. The highest BCUT2D eigenvalue weighted by Gasteiger charge is 2.39. The molecule has 1 atom stereocenters. The van der Waals surface area contributed by atoms with Crippen molar-refractivity contribution in [3.63, 3.8) is 0 Å². The molecule has 212 valence electrons. The Hall–Kier alpha value is -4.97. The zero-order chi connectivity index (χ0) is 29.8. The van der Waals surface area contributed by atoms with Gasteiger partial charge >= 0.3 is 23.9 Å². The van der Waals surface area contributed by atoms with Gasteiger partial charge in [-0.2, -0.15) is 0 Å². The van der Waals surface area contributed by atoms with Crippen LogP contribution >= 0.6 is 11.3 Å². The van der Waals surface area contributed by atoms with Gasteiger partial charge in [0.1, 0.15) is 10.5 Å². The second-order valence-electron chi connectivity index (χ2n) is 8.64. The van der Waals surface area contributed by atoms with E-state index in [0.717, 1.165) is 15.9 Å². The number of nitrogens with two attached hydrogens (primary N) is 1. The molecular weight excluding hydrogens is 552 g/mol. The van der Waals surface area contributed by atoms with E-state index in [0.29, 0.717) is 16.7 Å². The molecule has 1 unspecified atom stereocenters. The van der Waals surface area contributed by atoms with Gasteiger partial charge in [-0.3, -0.25) is 9.36 Å². The van der Waals surface area contributed by atoms with Gasteiger partial charge in [0.15, 0.2) is 0 Å². The first-order chi connectivity index (χ1) is 19.7. The third-order valence-corrected chi connectivity index (χ3v) is 7.45. The van der Waals surface area contributed by atoms with Crippen LogP contribution in [0.4, 0.5) is 0 Å². The molecule has 1 aliphatic heterocycles. The van der Waals surface area contributed by atoms with E-state index in [2.05, 4.69) is 0 Å². The topological polar surface area (TPSA) is 153 Å². The Morgan fingerprint density at radius 2 is 1.37 bits per heavy atom. The average molecular weight is 579 g/mol. The van der Waals surface area contributed by atoms with Crippen molar-refractivity contribution in [1.29, 1.82) is 0 Å². The maximum Gasteiger partial charge on any atom is 0.338 e. The number of fused-ring (bicyclic) bond motifs is 1. The summed E-state index contributed by atoms with van der Waals surface area (Å²) in [5.41, 5.74) is 7.39. The van der Waals surface area contributed by atoms with Crippen LogP contribution in [0.5, 0.6) is 0 Å². The van der Waals surface area contributed by atoms with Crippen LogP contribution in [0.2, 0.25) is 0 Å². The fourth-order valence-corrected chi connectivity index (χ4v) is 5.58. The molecule has 0 spiro atoms. The number of hydrogen-bond acceptors (Lipinski definition) is 11. The van der Waals surface area contributed by atoms with Gasteiger partial charge in [0.25, 0.3) is 5.56 Å². The molecule has 1 aliphatic rings. The molecule has 41 heavy (non-hydrogen) atoms. The lowest BCUT2D eigenvalue weighted by atomic mass is 9.83. The molecule has 0 saturated heterocycles. The Kier molecular flexibility index (Phi) is 8.53. The summed E-state index contributed by atoms with van der Waals surface area (Å²) >= 11 is 0.990. The van der Waals surface area contributed by atoms with Crippen molar-refractivity contribution < 1.29 is 38.1 Å². The number of rotatable bonds is 7. The Morgan fingerprint density at radius 1 is 0.829 bits per heavy atom. The number of esters is 4. The number of nitrogens with zero attached hydrogens (tertiary/aromatic N) is 1. The zero-order valence-electron chi connectivity index (χ0n) is 22.6. The molecule has 4 rings (SSSR count). The number of carbonyl (C=O) groups excluding carboxylic acids is 4. The molecule has 0 fully saturated rings. The standard InChI is InChI=1S/C29H26N2O9S/c1-5-40-29(36)21-20(16-10-12-18(13-11-16)27(34)38-3)22(28(35)39-4)25-31(23(21)30)24(32)19(41-25)14-15-6-8-17(9-7-15)26(33)37-2/h6-14,20H,5,30H2,1-4H3/b19-14+. The Balaban J connectivity index is 2.01. The molecular formula is C29H26N2O9S. The van der Waals surface area contributed by atoms with Crippen molar-refractivity contribution in [2.24, 2.45) is 5.73 Å². The molecule has 12 heteroatoms. The van der Waals surface area contributed by atoms with E-state index in [1.165, 1.54) is 33.5 Å². The molecule has 2 aromatic carbocycles. The molecule has 0 bridgehead atoms. The van der Waals surface area contributed by atoms with E-state index in [4.69, 9.17) is 24.7 Å². The quantitative estimate of drug-likeness (QED) is 0.319. The predicted octanol–water partition coefficient (Wildman–Crippen LogP) is 1.12. The molecule has 2 N–H and O–H groups in total. The lowest BCUT2D eigenvalue weighted by Crippen LogP contribution is -2.41. The molecule has 2 heterocycles. The highest BCUT2D eigenvalue weighted by atomic mass is 32.1. The predicted molar refractivity (Wildman–Crippen MR) is 149 cm³/mol. The summed E-state index contributed by atoms with van der Waals surface area (Å²) in [6.45, 7) is 1.63. The van der Waals surface area contributed by atoms with E-state index < -0.39 is 35.4 Å². The SMILES string of the molecule is CCOC(=O)C1=C(N)n2c(s/c(=C/c3ccc(C(=O)OC)cc3)c2=O)=C(C(=O)OC)C1c1ccc(C(=O)OC)cc1. The van der Waals surface area contributed by atoms with Crippen LogP contribution < -0.4 is 20.5 Å². The van der Waals surface area contributed by atoms with Gasteiger partial charge in [0, 0.05) is 0 Å². The highest BCUT2D eigenvalue weighted by Crippen LogP contribution is 2.37. The second kappa shape index (κ2) is 12.0. The van der Waals surface area contributed by atoms with Crippen molar-refractivity contribution in [3.05, 3.63) is 95.9 Å². The van der Waals surface area contributed by atoms with Crippen molar-refractivity contribution in [3.8, 4) is 0 Å². The number of carbonyl (C=O) groups is 4. The van der Waals surface area contributed by atoms with Crippen molar-refractivity contribution >= 4 is 52.7 Å². The minimum Gasteiger partial charge on any atom is -0.466 e. The summed E-state index contributed by atoms with van der Waals surface area (Å²) in [5.74, 6) is -3.94. The van der Waals surface area contributed by atoms with Crippen LogP contribution in [0.25, 0.3) is 17.5 Å². The molecule has 1 aromatic heterocycles. The van der Waals surface area contributed by atoms with Gasteiger partial charge in [0.2, 0.25) is 0 Å². The minimum atomic E-state index is -1.07. The summed E-state index contributed by atoms with van der Waals surface area (Å²) in [6.07, 6.45) is 1.58. The van der Waals surface area contributed by atoms with E-state index >= 15 is 0 Å². The number of ether oxygens (including phenoxy) is 4. The normalized spacial score (nSPS) is 14.8. The zero-order valence-corrected chi connectivity index (χ0v) is 23.4. The van der Waals surface area contributed by atoms with Crippen molar-refractivity contribution in [1.82, 2.24) is 4.57 Å². The first kappa shape index (κ1) is 29.0.